The van der Waals surface area contributed by atoms with Gasteiger partial charge in [-0.1, -0.05) is 6.42 Å². The molecule has 0 spiro atoms. The molecule has 1 aromatic heterocycles. The van der Waals surface area contributed by atoms with Crippen molar-refractivity contribution in [3.8, 4) is 0 Å². The quantitative estimate of drug-likeness (QED) is 0.238. The van der Waals surface area contributed by atoms with Gasteiger partial charge in [0.25, 0.3) is 0 Å². The molecule has 1 fully saturated rings. The predicted molar refractivity (Wildman–Crippen MR) is 142 cm³/mol. The zero-order valence-corrected chi connectivity index (χ0v) is 22.5. The molecule has 1 aliphatic heterocycles. The molecule has 0 amide bonds. The summed E-state index contributed by atoms with van der Waals surface area (Å²) in [6.45, 7) is 5.90. The van der Waals surface area contributed by atoms with Crippen LogP contribution in [0.3, 0.4) is 0 Å². The summed E-state index contributed by atoms with van der Waals surface area (Å²) in [4.78, 5) is 64.6. The summed E-state index contributed by atoms with van der Waals surface area (Å²) < 4.78 is 2.32. The van der Waals surface area contributed by atoms with Crippen LogP contribution in [0.15, 0.2) is 42.8 Å². The Kier molecular flexibility index (Phi) is 17.8. The van der Waals surface area contributed by atoms with Crippen LogP contribution in [-0.2, 0) is 48.2 Å². The molecule has 15 nitrogen and oxygen atoms in total. The summed E-state index contributed by atoms with van der Waals surface area (Å²) in [5, 5.41) is 46.9. The van der Waals surface area contributed by atoms with Crippen LogP contribution >= 0.6 is 0 Å². The van der Waals surface area contributed by atoms with E-state index in [9.17, 15) is 28.8 Å². The molecule has 1 atom stereocenters. The number of carboxylic acids is 6. The lowest BCUT2D eigenvalue weighted by Gasteiger charge is -2.36. The summed E-state index contributed by atoms with van der Waals surface area (Å²) in [7, 11) is 0. The molecule has 2 heterocycles. The number of hydrogen-bond acceptors (Lipinski definition) is 8. The Morgan fingerprint density at radius 1 is 0.732 bits per heavy atom. The van der Waals surface area contributed by atoms with Crippen LogP contribution in [0.1, 0.15) is 44.0 Å². The van der Waals surface area contributed by atoms with Crippen molar-refractivity contribution in [2.24, 2.45) is 0 Å². The Hall–Kier alpha value is -4.79. The maximum Gasteiger partial charge on any atom is 0.328 e. The number of aliphatic carboxylic acids is 6. The Labute approximate surface area is 235 Å². The maximum absolute atomic E-state index is 9.55. The van der Waals surface area contributed by atoms with E-state index in [4.69, 9.17) is 30.6 Å². The highest BCUT2D eigenvalue weighted by molar-refractivity contribution is 5.90. The number of aromatic nitrogens is 2. The van der Waals surface area contributed by atoms with Gasteiger partial charge >= 0.3 is 35.8 Å². The van der Waals surface area contributed by atoms with E-state index in [0.29, 0.717) is 36.5 Å². The van der Waals surface area contributed by atoms with Crippen LogP contribution in [-0.4, -0.2) is 100 Å². The summed E-state index contributed by atoms with van der Waals surface area (Å²) in [6.07, 6.45) is 13.3. The Morgan fingerprint density at radius 3 is 1.46 bits per heavy atom. The van der Waals surface area contributed by atoms with Crippen molar-refractivity contribution >= 4 is 35.8 Å². The number of aryl methyl sites for hydroxylation is 1. The van der Waals surface area contributed by atoms with Gasteiger partial charge in [0, 0.05) is 61.2 Å². The molecule has 6 N–H and O–H groups in total. The van der Waals surface area contributed by atoms with E-state index in [2.05, 4.69) is 21.4 Å². The first-order valence-electron chi connectivity index (χ1n) is 12.4. The first-order valence-corrected chi connectivity index (χ1v) is 12.4. The first-order chi connectivity index (χ1) is 19.3. The van der Waals surface area contributed by atoms with Crippen LogP contribution in [0, 0.1) is 0 Å². The van der Waals surface area contributed by atoms with Crippen molar-refractivity contribution in [3.05, 3.63) is 54.2 Å². The minimum absolute atomic E-state index is 0.558. The highest BCUT2D eigenvalue weighted by Gasteiger charge is 2.27. The average molecular weight is 582 g/mol. The molecule has 226 valence electrons. The fourth-order valence-corrected chi connectivity index (χ4v) is 3.83. The predicted octanol–water partition coefficient (Wildman–Crippen LogP) is 1.38. The molecule has 3 rings (SSSR count). The van der Waals surface area contributed by atoms with Gasteiger partial charge in [-0.3, -0.25) is 4.90 Å². The molecule has 41 heavy (non-hydrogen) atoms. The number of piperidine rings is 1. The standard InChI is InChI=1S/C14H23N3.3C4H4O4/c1-2-16-11-15-13-10-12(6-7-14(13)16)17-8-4-3-5-9-17;3*5-3(6)1-2-4(7)8/h11-12H,2-10H2,1H3;3*1-2H,(H,5,6)(H,7,8)/b;3*2-1+. The maximum atomic E-state index is 9.55. The van der Waals surface area contributed by atoms with E-state index >= 15 is 0 Å². The van der Waals surface area contributed by atoms with Crippen LogP contribution in [0.2, 0.25) is 0 Å². The molecule has 0 saturated carbocycles. The molecule has 0 bridgehead atoms. The highest BCUT2D eigenvalue weighted by Crippen LogP contribution is 2.25. The number of carboxylic acid groups (broad SMARTS) is 6. The van der Waals surface area contributed by atoms with Gasteiger partial charge in [-0.2, -0.15) is 0 Å². The second-order valence-electron chi connectivity index (χ2n) is 8.45. The lowest BCUT2D eigenvalue weighted by atomic mass is 9.93. The van der Waals surface area contributed by atoms with Gasteiger partial charge in [-0.05, 0) is 45.7 Å². The van der Waals surface area contributed by atoms with Crippen molar-refractivity contribution in [1.29, 1.82) is 0 Å². The third kappa shape index (κ3) is 18.2. The molecule has 1 aliphatic carbocycles. The van der Waals surface area contributed by atoms with E-state index < -0.39 is 35.8 Å². The zero-order valence-electron chi connectivity index (χ0n) is 22.5. The number of nitrogens with zero attached hydrogens (tertiary/aromatic N) is 3. The Morgan fingerprint density at radius 2 is 1.12 bits per heavy atom. The fourth-order valence-electron chi connectivity index (χ4n) is 3.83. The average Bonchev–Trinajstić information content (AvgIpc) is 3.33. The van der Waals surface area contributed by atoms with Crippen molar-refractivity contribution in [2.45, 2.75) is 58.0 Å². The van der Waals surface area contributed by atoms with Crippen LogP contribution in [0.4, 0.5) is 0 Å². The van der Waals surface area contributed by atoms with E-state index in [-0.39, 0.29) is 0 Å². The number of likely N-dealkylation sites (tertiary alicyclic amines) is 1. The molecule has 2 aliphatic rings. The van der Waals surface area contributed by atoms with Gasteiger partial charge in [-0.15, -0.1) is 0 Å². The number of rotatable bonds is 8. The molecule has 1 unspecified atom stereocenters. The van der Waals surface area contributed by atoms with Crippen molar-refractivity contribution in [3.63, 3.8) is 0 Å². The largest absolute Gasteiger partial charge is 0.478 e. The van der Waals surface area contributed by atoms with E-state index in [1.165, 1.54) is 63.0 Å². The van der Waals surface area contributed by atoms with Gasteiger partial charge in [0.15, 0.2) is 0 Å². The van der Waals surface area contributed by atoms with Gasteiger partial charge in [0.2, 0.25) is 0 Å². The molecule has 0 aromatic carbocycles. The summed E-state index contributed by atoms with van der Waals surface area (Å²) in [5.74, 6) is -7.54. The SMILES string of the molecule is CCn1cnc2c1CCC(N1CCCCC1)C2.O=C(O)/C=C/C(=O)O.O=C(O)/C=C/C(=O)O.O=C(O)/C=C/C(=O)O. The fraction of sp³-hybridized carbons (Fsp3) is 0.423. The smallest absolute Gasteiger partial charge is 0.328 e. The number of hydrogen-bond donors (Lipinski definition) is 6. The van der Waals surface area contributed by atoms with Crippen molar-refractivity contribution in [2.75, 3.05) is 13.1 Å². The van der Waals surface area contributed by atoms with Crippen molar-refractivity contribution < 1.29 is 59.4 Å². The van der Waals surface area contributed by atoms with Crippen LogP contribution in [0.25, 0.3) is 0 Å². The van der Waals surface area contributed by atoms with E-state index in [1.807, 2.05) is 6.33 Å². The lowest BCUT2D eigenvalue weighted by Crippen LogP contribution is -2.42. The topological polar surface area (TPSA) is 245 Å². The zero-order chi connectivity index (χ0) is 31.4. The van der Waals surface area contributed by atoms with Crippen molar-refractivity contribution in [1.82, 2.24) is 14.5 Å². The Balaban J connectivity index is 0.000000571. The van der Waals surface area contributed by atoms with Gasteiger partial charge in [0.1, 0.15) is 0 Å². The molecule has 15 heteroatoms. The summed E-state index contributed by atoms with van der Waals surface area (Å²) in [6, 6.07) is 0.767. The lowest BCUT2D eigenvalue weighted by molar-refractivity contribution is -0.134. The number of imidazole rings is 1. The van der Waals surface area contributed by atoms with Crippen LogP contribution < -0.4 is 0 Å². The Bertz CT molecular complexity index is 1000. The normalized spacial score (nSPS) is 16.3. The third-order valence-electron chi connectivity index (χ3n) is 5.53. The number of carbonyl (C=O) groups is 6. The third-order valence-corrected chi connectivity index (χ3v) is 5.53. The van der Waals surface area contributed by atoms with Crippen LogP contribution in [0.5, 0.6) is 0 Å². The van der Waals surface area contributed by atoms with Gasteiger partial charge in [-0.25, -0.2) is 33.8 Å². The monoisotopic (exact) mass is 581 g/mol. The van der Waals surface area contributed by atoms with E-state index in [0.717, 1.165) is 12.6 Å². The van der Waals surface area contributed by atoms with E-state index in [1.54, 1.807) is 0 Å². The minimum atomic E-state index is -1.26. The first kappa shape index (κ1) is 36.2. The second-order valence-corrected chi connectivity index (χ2v) is 8.45. The van der Waals surface area contributed by atoms with Gasteiger partial charge < -0.3 is 35.2 Å². The number of fused-ring (bicyclic) bond motifs is 1. The molecule has 1 aromatic rings. The minimum Gasteiger partial charge on any atom is -0.478 e. The molecular weight excluding hydrogens is 546 g/mol. The highest BCUT2D eigenvalue weighted by atomic mass is 16.4. The second kappa shape index (κ2) is 20.2. The summed E-state index contributed by atoms with van der Waals surface area (Å²) >= 11 is 0. The molecule has 1 saturated heterocycles. The molecule has 0 radical (unpaired) electrons. The summed E-state index contributed by atoms with van der Waals surface area (Å²) in [5.41, 5.74) is 2.87. The van der Waals surface area contributed by atoms with Gasteiger partial charge in [0.05, 0.1) is 12.0 Å². The molecular formula is C26H35N3O12.